The molecule has 1 aromatic rings. The molecule has 0 saturated heterocycles. The summed E-state index contributed by atoms with van der Waals surface area (Å²) in [5.74, 6) is 0.534. The Morgan fingerprint density at radius 1 is 1.30 bits per heavy atom. The van der Waals surface area contributed by atoms with Gasteiger partial charge in [-0.25, -0.2) is 0 Å². The molecule has 23 heavy (non-hydrogen) atoms. The summed E-state index contributed by atoms with van der Waals surface area (Å²) in [5, 5.41) is 15.2. The van der Waals surface area contributed by atoms with Gasteiger partial charge in [0.05, 0.1) is 11.6 Å². The smallest absolute Gasteiger partial charge is 0.396 e. The number of nitrogens with zero attached hydrogens (tertiary/aromatic N) is 1. The summed E-state index contributed by atoms with van der Waals surface area (Å²) < 4.78 is 38.3. The van der Waals surface area contributed by atoms with Crippen molar-refractivity contribution in [2.45, 2.75) is 33.0 Å². The van der Waals surface area contributed by atoms with E-state index < -0.39 is 11.7 Å². The zero-order valence-electron chi connectivity index (χ0n) is 13.6. The lowest BCUT2D eigenvalue weighted by Gasteiger charge is -2.19. The number of aliphatic hydroxyl groups excluding tert-OH is 1. The topological polar surface area (TPSA) is 56.7 Å². The van der Waals surface area contributed by atoms with Crippen LogP contribution in [-0.4, -0.2) is 30.8 Å². The molecule has 0 spiro atoms. The number of hydrogen-bond donors (Lipinski definition) is 3. The second kappa shape index (κ2) is 8.76. The monoisotopic (exact) mass is 331 g/mol. The Kier molecular flexibility index (Phi) is 7.35. The standard InChI is InChI=1S/C16H24F3N3O/c1-4-20-15(21-9-11(2)10-23)22-12(3)13-6-5-7-14(8-13)16(17,18)19/h5-8,11-12,23H,4,9-10H2,1-3H3,(H2,20,21,22). The van der Waals surface area contributed by atoms with Crippen LogP contribution in [0.2, 0.25) is 0 Å². The highest BCUT2D eigenvalue weighted by molar-refractivity contribution is 5.80. The fourth-order valence-corrected chi connectivity index (χ4v) is 1.90. The highest BCUT2D eigenvalue weighted by atomic mass is 19.4. The molecule has 0 radical (unpaired) electrons. The van der Waals surface area contributed by atoms with Crippen LogP contribution in [0.15, 0.2) is 29.3 Å². The molecule has 0 bridgehead atoms. The fourth-order valence-electron chi connectivity index (χ4n) is 1.90. The quantitative estimate of drug-likeness (QED) is 0.555. The zero-order valence-corrected chi connectivity index (χ0v) is 13.6. The summed E-state index contributed by atoms with van der Waals surface area (Å²) >= 11 is 0. The van der Waals surface area contributed by atoms with E-state index in [0.717, 1.165) is 12.1 Å². The molecule has 0 heterocycles. The van der Waals surface area contributed by atoms with E-state index in [0.29, 0.717) is 24.6 Å². The van der Waals surface area contributed by atoms with Gasteiger partial charge in [-0.2, -0.15) is 13.2 Å². The molecule has 7 heteroatoms. The van der Waals surface area contributed by atoms with Gasteiger partial charge in [-0.15, -0.1) is 0 Å². The Morgan fingerprint density at radius 3 is 2.57 bits per heavy atom. The molecule has 0 saturated carbocycles. The van der Waals surface area contributed by atoms with Gasteiger partial charge < -0.3 is 15.7 Å². The van der Waals surface area contributed by atoms with Crippen molar-refractivity contribution in [1.82, 2.24) is 10.6 Å². The minimum Gasteiger partial charge on any atom is -0.396 e. The van der Waals surface area contributed by atoms with Crippen molar-refractivity contribution in [3.05, 3.63) is 35.4 Å². The van der Waals surface area contributed by atoms with Gasteiger partial charge in [0.15, 0.2) is 5.96 Å². The second-order valence-corrected chi connectivity index (χ2v) is 5.50. The van der Waals surface area contributed by atoms with Crippen LogP contribution in [0.5, 0.6) is 0 Å². The average molecular weight is 331 g/mol. The molecular formula is C16H24F3N3O. The molecule has 1 rings (SSSR count). The number of aliphatic hydroxyl groups is 1. The molecule has 0 aromatic heterocycles. The minimum absolute atomic E-state index is 0.0225. The first-order valence-electron chi connectivity index (χ1n) is 7.60. The van der Waals surface area contributed by atoms with Crippen LogP contribution in [0.25, 0.3) is 0 Å². The van der Waals surface area contributed by atoms with E-state index in [1.54, 1.807) is 13.0 Å². The van der Waals surface area contributed by atoms with Crippen LogP contribution in [0.4, 0.5) is 13.2 Å². The number of rotatable bonds is 6. The third-order valence-corrected chi connectivity index (χ3v) is 3.28. The van der Waals surface area contributed by atoms with E-state index in [1.165, 1.54) is 6.07 Å². The van der Waals surface area contributed by atoms with Gasteiger partial charge in [0.2, 0.25) is 0 Å². The Labute approximate surface area is 134 Å². The SMILES string of the molecule is CCNC(=NCC(C)CO)NC(C)c1cccc(C(F)(F)F)c1. The zero-order chi connectivity index (χ0) is 17.5. The molecule has 3 N–H and O–H groups in total. The maximum absolute atomic E-state index is 12.8. The highest BCUT2D eigenvalue weighted by Gasteiger charge is 2.30. The maximum atomic E-state index is 12.8. The van der Waals surface area contributed by atoms with Gasteiger partial charge in [0.1, 0.15) is 0 Å². The first-order valence-corrected chi connectivity index (χ1v) is 7.60. The Bertz CT molecular complexity index is 518. The van der Waals surface area contributed by atoms with Crippen molar-refractivity contribution < 1.29 is 18.3 Å². The molecule has 130 valence electrons. The number of alkyl halides is 3. The van der Waals surface area contributed by atoms with Gasteiger partial charge >= 0.3 is 6.18 Å². The van der Waals surface area contributed by atoms with Gasteiger partial charge in [0, 0.05) is 19.7 Å². The summed E-state index contributed by atoms with van der Waals surface area (Å²) in [7, 11) is 0. The number of halogens is 3. The molecular weight excluding hydrogens is 307 g/mol. The lowest BCUT2D eigenvalue weighted by molar-refractivity contribution is -0.137. The van der Waals surface area contributed by atoms with Crippen molar-refractivity contribution >= 4 is 5.96 Å². The normalized spacial score (nSPS) is 15.2. The van der Waals surface area contributed by atoms with E-state index in [2.05, 4.69) is 15.6 Å². The van der Waals surface area contributed by atoms with Crippen molar-refractivity contribution in [3.8, 4) is 0 Å². The lowest BCUT2D eigenvalue weighted by atomic mass is 10.1. The number of hydrogen-bond acceptors (Lipinski definition) is 2. The van der Waals surface area contributed by atoms with E-state index in [9.17, 15) is 13.2 Å². The highest BCUT2D eigenvalue weighted by Crippen LogP contribution is 2.30. The van der Waals surface area contributed by atoms with Crippen molar-refractivity contribution in [1.29, 1.82) is 0 Å². The molecule has 1 aromatic carbocycles. The molecule has 0 aliphatic heterocycles. The van der Waals surface area contributed by atoms with Crippen molar-refractivity contribution in [3.63, 3.8) is 0 Å². The fraction of sp³-hybridized carbons (Fsp3) is 0.562. The lowest BCUT2D eigenvalue weighted by Crippen LogP contribution is -2.39. The van der Waals surface area contributed by atoms with E-state index in [4.69, 9.17) is 5.11 Å². The summed E-state index contributed by atoms with van der Waals surface area (Å²) in [5.41, 5.74) is -0.139. The minimum atomic E-state index is -4.36. The van der Waals surface area contributed by atoms with Crippen LogP contribution < -0.4 is 10.6 Å². The van der Waals surface area contributed by atoms with Crippen LogP contribution in [0.3, 0.4) is 0 Å². The van der Waals surface area contributed by atoms with E-state index >= 15 is 0 Å². The summed E-state index contributed by atoms with van der Waals surface area (Å²) in [4.78, 5) is 4.33. The van der Waals surface area contributed by atoms with Crippen LogP contribution >= 0.6 is 0 Å². The van der Waals surface area contributed by atoms with Crippen molar-refractivity contribution in [2.24, 2.45) is 10.9 Å². The summed E-state index contributed by atoms with van der Waals surface area (Å²) in [6.07, 6.45) is -4.36. The summed E-state index contributed by atoms with van der Waals surface area (Å²) in [6, 6.07) is 4.90. The van der Waals surface area contributed by atoms with Crippen LogP contribution in [0.1, 0.15) is 37.9 Å². The third kappa shape index (κ3) is 6.48. The molecule has 2 unspecified atom stereocenters. The van der Waals surface area contributed by atoms with Gasteiger partial charge in [-0.05, 0) is 37.5 Å². The molecule has 0 aliphatic carbocycles. The Hall–Kier alpha value is -1.76. The molecule has 0 fully saturated rings. The predicted octanol–water partition coefficient (Wildman–Crippen LogP) is 2.95. The maximum Gasteiger partial charge on any atom is 0.416 e. The second-order valence-electron chi connectivity index (χ2n) is 5.50. The van der Waals surface area contributed by atoms with Gasteiger partial charge in [-0.1, -0.05) is 19.1 Å². The molecule has 0 aliphatic rings. The predicted molar refractivity (Wildman–Crippen MR) is 85.2 cm³/mol. The number of nitrogens with one attached hydrogen (secondary N) is 2. The van der Waals surface area contributed by atoms with Crippen LogP contribution in [-0.2, 0) is 6.18 Å². The molecule has 4 nitrogen and oxygen atoms in total. The molecule has 0 amide bonds. The first-order chi connectivity index (χ1) is 10.8. The van der Waals surface area contributed by atoms with E-state index in [-0.39, 0.29) is 18.6 Å². The first kappa shape index (κ1) is 19.3. The molecule has 2 atom stereocenters. The van der Waals surface area contributed by atoms with Gasteiger partial charge in [-0.3, -0.25) is 4.99 Å². The Balaban J connectivity index is 2.84. The average Bonchev–Trinajstić information content (AvgIpc) is 2.51. The number of benzene rings is 1. The number of aliphatic imine (C=N–C) groups is 1. The van der Waals surface area contributed by atoms with Gasteiger partial charge in [0.25, 0.3) is 0 Å². The van der Waals surface area contributed by atoms with E-state index in [1.807, 2.05) is 13.8 Å². The van der Waals surface area contributed by atoms with Crippen molar-refractivity contribution in [2.75, 3.05) is 19.7 Å². The third-order valence-electron chi connectivity index (χ3n) is 3.28. The largest absolute Gasteiger partial charge is 0.416 e. The summed E-state index contributed by atoms with van der Waals surface area (Å²) in [6.45, 7) is 6.64. The Morgan fingerprint density at radius 2 is 2.00 bits per heavy atom. The number of guanidine groups is 1. The van der Waals surface area contributed by atoms with Crippen LogP contribution in [0, 0.1) is 5.92 Å².